The number of hydrogen-bond donors (Lipinski definition) is 2. The smallest absolute Gasteiger partial charge is 0.291 e. The number of likely N-dealkylation sites (N-methyl/N-ethyl adjacent to an activating group) is 1. The molecule has 0 saturated carbocycles. The van der Waals surface area contributed by atoms with Crippen molar-refractivity contribution in [1.29, 1.82) is 0 Å². The lowest BCUT2D eigenvalue weighted by molar-refractivity contribution is 0.0818. The average molecular weight is 367 g/mol. The lowest BCUT2D eigenvalue weighted by Gasteiger charge is -2.28. The van der Waals surface area contributed by atoms with Crippen LogP contribution in [-0.4, -0.2) is 54.9 Å². The highest BCUT2D eigenvalue weighted by Crippen LogP contribution is 2.21. The molecule has 4 rings (SSSR count). The Hall–Kier alpha value is -3.20. The number of rotatable bonds is 4. The van der Waals surface area contributed by atoms with E-state index in [0.717, 1.165) is 11.4 Å². The van der Waals surface area contributed by atoms with Crippen molar-refractivity contribution >= 4 is 11.7 Å². The Morgan fingerprint density at radius 2 is 2.11 bits per heavy atom. The van der Waals surface area contributed by atoms with Crippen LogP contribution in [0.2, 0.25) is 0 Å². The molecule has 0 bridgehead atoms. The number of aryl methyl sites for hydroxylation is 1. The summed E-state index contributed by atoms with van der Waals surface area (Å²) >= 11 is 0. The van der Waals surface area contributed by atoms with E-state index < -0.39 is 18.2 Å². The third kappa shape index (κ3) is 3.54. The maximum absolute atomic E-state index is 12.6. The Balaban J connectivity index is 1.43. The summed E-state index contributed by atoms with van der Waals surface area (Å²) in [5, 5.41) is 21.9. The number of aliphatic hydroxyl groups excluding tert-OH is 1. The van der Waals surface area contributed by atoms with Gasteiger partial charge in [-0.2, -0.15) is 5.10 Å². The maximum atomic E-state index is 12.6. The lowest BCUT2D eigenvalue weighted by atomic mass is 10.1. The highest BCUT2D eigenvalue weighted by Gasteiger charge is 2.30. The van der Waals surface area contributed by atoms with Crippen molar-refractivity contribution in [2.75, 3.05) is 11.9 Å². The van der Waals surface area contributed by atoms with Gasteiger partial charge in [-0.15, -0.1) is 5.10 Å². The highest BCUT2D eigenvalue weighted by molar-refractivity contribution is 5.90. The Labute approximate surface area is 156 Å². The molecule has 1 amide bonds. The van der Waals surface area contributed by atoms with Gasteiger partial charge in [0, 0.05) is 19.7 Å². The van der Waals surface area contributed by atoms with Gasteiger partial charge in [0.25, 0.3) is 5.91 Å². The van der Waals surface area contributed by atoms with Gasteiger partial charge >= 0.3 is 0 Å². The highest BCUT2D eigenvalue weighted by atomic mass is 16.3. The molecular formula is C18H21N7O2. The van der Waals surface area contributed by atoms with Crippen LogP contribution in [-0.2, 0) is 13.1 Å². The second-order valence-corrected chi connectivity index (χ2v) is 6.56. The fraction of sp³-hybridized carbons (Fsp3) is 0.333. The molecule has 3 aromatic rings. The van der Waals surface area contributed by atoms with Crippen LogP contribution in [0.1, 0.15) is 22.6 Å². The van der Waals surface area contributed by atoms with Gasteiger partial charge in [0.1, 0.15) is 18.4 Å². The summed E-state index contributed by atoms with van der Waals surface area (Å²) in [5.74, 6) is 0.492. The molecule has 0 fully saturated rings. The van der Waals surface area contributed by atoms with E-state index in [2.05, 4.69) is 20.5 Å². The minimum atomic E-state index is -0.863. The van der Waals surface area contributed by atoms with E-state index in [9.17, 15) is 9.90 Å². The number of hydrogen-bond acceptors (Lipinski definition) is 6. The van der Waals surface area contributed by atoms with Crippen LogP contribution in [0.25, 0.3) is 0 Å². The molecule has 1 aliphatic rings. The van der Waals surface area contributed by atoms with E-state index in [1.807, 2.05) is 41.1 Å². The third-order valence-corrected chi connectivity index (χ3v) is 4.71. The molecule has 3 heterocycles. The molecule has 140 valence electrons. The normalized spacial score (nSPS) is 19.4. The lowest BCUT2D eigenvalue weighted by Crippen LogP contribution is -2.50. The predicted octanol–water partition coefficient (Wildman–Crippen LogP) is 0.480. The zero-order valence-electron chi connectivity index (χ0n) is 14.9. The third-order valence-electron chi connectivity index (χ3n) is 4.71. The van der Waals surface area contributed by atoms with Crippen molar-refractivity contribution < 1.29 is 9.90 Å². The Bertz CT molecular complexity index is 921. The molecule has 0 aliphatic carbocycles. The van der Waals surface area contributed by atoms with Crippen LogP contribution >= 0.6 is 0 Å². The van der Waals surface area contributed by atoms with Gasteiger partial charge < -0.3 is 15.3 Å². The number of carbonyl (C=O) groups is 1. The topological polar surface area (TPSA) is 101 Å². The molecule has 2 aromatic heterocycles. The van der Waals surface area contributed by atoms with E-state index in [1.165, 1.54) is 6.33 Å². The van der Waals surface area contributed by atoms with Gasteiger partial charge in [0.2, 0.25) is 5.82 Å². The van der Waals surface area contributed by atoms with Gasteiger partial charge in [-0.1, -0.05) is 30.3 Å². The van der Waals surface area contributed by atoms with Gasteiger partial charge in [-0.3, -0.25) is 4.79 Å². The van der Waals surface area contributed by atoms with Crippen LogP contribution in [0.5, 0.6) is 0 Å². The van der Waals surface area contributed by atoms with E-state index in [0.29, 0.717) is 19.5 Å². The first-order valence-corrected chi connectivity index (χ1v) is 8.79. The molecule has 0 radical (unpaired) electrons. The molecule has 2 atom stereocenters. The van der Waals surface area contributed by atoms with Crippen LogP contribution in [0, 0.1) is 0 Å². The fourth-order valence-corrected chi connectivity index (χ4v) is 3.24. The van der Waals surface area contributed by atoms with Gasteiger partial charge in [0.05, 0.1) is 18.8 Å². The van der Waals surface area contributed by atoms with Crippen LogP contribution < -0.4 is 10.2 Å². The molecule has 1 aromatic carbocycles. The van der Waals surface area contributed by atoms with Crippen molar-refractivity contribution in [1.82, 2.24) is 29.9 Å². The molecular weight excluding hydrogens is 346 g/mol. The first-order chi connectivity index (χ1) is 13.1. The number of amides is 1. The molecule has 1 unspecified atom stereocenters. The number of anilines is 1. The van der Waals surface area contributed by atoms with Gasteiger partial charge in [-0.05, 0) is 12.0 Å². The molecule has 9 nitrogen and oxygen atoms in total. The van der Waals surface area contributed by atoms with Crippen molar-refractivity contribution in [3.63, 3.8) is 0 Å². The van der Waals surface area contributed by atoms with Crippen molar-refractivity contribution in [2.24, 2.45) is 0 Å². The standard InChI is InChI=1S/C18H21N7O2/c1-23-15-7-9-20-25(15)10-8-14(18(23)27)21-17(26)16-19-12-24(22-16)11-13-5-3-2-4-6-13/h2-7,9,12,14,18,27H,8,10-11H2,1H3,(H,21,26)/t14-,18?/m0/s1. The zero-order chi connectivity index (χ0) is 18.8. The first-order valence-electron chi connectivity index (χ1n) is 8.79. The summed E-state index contributed by atoms with van der Waals surface area (Å²) in [6.45, 7) is 1.14. The summed E-state index contributed by atoms with van der Waals surface area (Å²) in [7, 11) is 1.77. The minimum absolute atomic E-state index is 0.0859. The number of nitrogens with zero attached hydrogens (tertiary/aromatic N) is 6. The summed E-state index contributed by atoms with van der Waals surface area (Å²) in [4.78, 5) is 18.4. The van der Waals surface area contributed by atoms with Crippen molar-refractivity contribution in [3.05, 3.63) is 60.3 Å². The zero-order valence-corrected chi connectivity index (χ0v) is 14.9. The Kier molecular flexibility index (Phi) is 4.59. The average Bonchev–Trinajstić information content (AvgIpc) is 3.32. The summed E-state index contributed by atoms with van der Waals surface area (Å²) in [6.07, 6.45) is 2.92. The largest absolute Gasteiger partial charge is 0.371 e. The van der Waals surface area contributed by atoms with Gasteiger partial charge in [-0.25, -0.2) is 14.3 Å². The number of carbonyl (C=O) groups excluding carboxylic acids is 1. The molecule has 0 saturated heterocycles. The number of benzene rings is 1. The SMILES string of the molecule is CN1c2ccnn2CC[C@H](NC(=O)c2ncn(Cc3ccccc3)n2)C1O. The fourth-order valence-electron chi connectivity index (χ4n) is 3.24. The van der Waals surface area contributed by atoms with E-state index in [1.54, 1.807) is 22.8 Å². The van der Waals surface area contributed by atoms with Gasteiger partial charge in [0.15, 0.2) is 0 Å². The minimum Gasteiger partial charge on any atom is -0.371 e. The van der Waals surface area contributed by atoms with Crippen molar-refractivity contribution in [2.45, 2.75) is 31.8 Å². The van der Waals surface area contributed by atoms with Crippen molar-refractivity contribution in [3.8, 4) is 0 Å². The van der Waals surface area contributed by atoms with Crippen LogP contribution in [0.15, 0.2) is 48.9 Å². The molecule has 27 heavy (non-hydrogen) atoms. The number of aliphatic hydroxyl groups is 1. The number of aromatic nitrogens is 5. The second-order valence-electron chi connectivity index (χ2n) is 6.56. The Morgan fingerprint density at radius 1 is 1.30 bits per heavy atom. The van der Waals surface area contributed by atoms with E-state index in [4.69, 9.17) is 0 Å². The number of fused-ring (bicyclic) bond motifs is 1. The summed E-state index contributed by atoms with van der Waals surface area (Å²) in [5.41, 5.74) is 1.07. The van der Waals surface area contributed by atoms with E-state index in [-0.39, 0.29) is 5.82 Å². The predicted molar refractivity (Wildman–Crippen MR) is 98.1 cm³/mol. The summed E-state index contributed by atoms with van der Waals surface area (Å²) in [6, 6.07) is 11.2. The number of nitrogens with one attached hydrogen (secondary N) is 1. The first kappa shape index (κ1) is 17.2. The maximum Gasteiger partial charge on any atom is 0.291 e. The molecule has 0 spiro atoms. The monoisotopic (exact) mass is 367 g/mol. The quantitative estimate of drug-likeness (QED) is 0.696. The second kappa shape index (κ2) is 7.20. The Morgan fingerprint density at radius 3 is 2.93 bits per heavy atom. The summed E-state index contributed by atoms with van der Waals surface area (Å²) < 4.78 is 3.43. The van der Waals surface area contributed by atoms with Crippen LogP contribution in [0.4, 0.5) is 5.82 Å². The molecule has 2 N–H and O–H groups in total. The van der Waals surface area contributed by atoms with Crippen LogP contribution in [0.3, 0.4) is 0 Å². The molecule has 1 aliphatic heterocycles. The van der Waals surface area contributed by atoms with E-state index >= 15 is 0 Å². The molecule has 9 heteroatoms.